The van der Waals surface area contributed by atoms with E-state index in [4.69, 9.17) is 27.9 Å². The van der Waals surface area contributed by atoms with Crippen molar-refractivity contribution in [2.24, 2.45) is 0 Å². The molecule has 0 bridgehead atoms. The first-order chi connectivity index (χ1) is 13.0. The van der Waals surface area contributed by atoms with Crippen molar-refractivity contribution in [3.8, 4) is 5.75 Å². The van der Waals surface area contributed by atoms with Gasteiger partial charge in [-0.15, -0.1) is 0 Å². The molecule has 1 saturated heterocycles. The van der Waals surface area contributed by atoms with Gasteiger partial charge in [0.2, 0.25) is 0 Å². The number of hydrogen-bond acceptors (Lipinski definition) is 3. The molecule has 0 aromatic heterocycles. The maximum Gasteiger partial charge on any atom is 0.282 e. The summed E-state index contributed by atoms with van der Waals surface area (Å²) in [6.45, 7) is 5.51. The fourth-order valence-corrected chi connectivity index (χ4v) is 3.77. The molecule has 1 aliphatic heterocycles. The Hall–Kier alpha value is -1.95. The second kappa shape index (κ2) is 8.83. The number of anilines is 2. The molecule has 0 unspecified atom stereocenters. The molecule has 1 amide bonds. The molecule has 0 aliphatic carbocycles. The van der Waals surface area contributed by atoms with E-state index in [1.54, 1.807) is 25.3 Å². The van der Waals surface area contributed by atoms with Gasteiger partial charge < -0.3 is 19.9 Å². The monoisotopic (exact) mass is 408 g/mol. The van der Waals surface area contributed by atoms with E-state index in [2.05, 4.69) is 16.3 Å². The summed E-state index contributed by atoms with van der Waals surface area (Å²) < 4.78 is 5.31. The van der Waals surface area contributed by atoms with Crippen molar-refractivity contribution >= 4 is 40.5 Å². The molecule has 1 aliphatic rings. The highest BCUT2D eigenvalue weighted by molar-refractivity contribution is 6.36. The van der Waals surface area contributed by atoms with E-state index < -0.39 is 0 Å². The first-order valence-electron chi connectivity index (χ1n) is 8.97. The number of amides is 1. The smallest absolute Gasteiger partial charge is 0.282 e. The molecule has 0 radical (unpaired) electrons. The van der Waals surface area contributed by atoms with E-state index in [9.17, 15) is 4.79 Å². The van der Waals surface area contributed by atoms with Crippen molar-refractivity contribution in [2.75, 3.05) is 43.5 Å². The lowest BCUT2D eigenvalue weighted by atomic mass is 10.2. The van der Waals surface area contributed by atoms with Crippen molar-refractivity contribution in [2.45, 2.75) is 13.0 Å². The quantitative estimate of drug-likeness (QED) is 0.799. The van der Waals surface area contributed by atoms with Gasteiger partial charge in [0.05, 0.1) is 44.0 Å². The topological polar surface area (TPSA) is 46.0 Å². The molecular weight excluding hydrogens is 385 g/mol. The Bertz CT molecular complexity index is 808. The van der Waals surface area contributed by atoms with Crippen LogP contribution in [0.25, 0.3) is 0 Å². The van der Waals surface area contributed by atoms with Crippen LogP contribution in [0, 0.1) is 0 Å². The molecule has 0 saturated carbocycles. The van der Waals surface area contributed by atoms with E-state index in [1.807, 2.05) is 25.1 Å². The van der Waals surface area contributed by atoms with E-state index in [0.29, 0.717) is 15.7 Å². The number of carbonyl (C=O) groups is 1. The summed E-state index contributed by atoms with van der Waals surface area (Å²) in [4.78, 5) is 16.2. The molecule has 2 aromatic carbocycles. The summed E-state index contributed by atoms with van der Waals surface area (Å²) in [6.07, 6.45) is 0. The Balaban J connectivity index is 1.57. The van der Waals surface area contributed by atoms with Gasteiger partial charge in [-0.3, -0.25) is 4.79 Å². The maximum atomic E-state index is 12.6. The average molecular weight is 409 g/mol. The first-order valence-corrected chi connectivity index (χ1v) is 9.73. The van der Waals surface area contributed by atoms with Crippen LogP contribution in [0.5, 0.6) is 5.75 Å². The van der Waals surface area contributed by atoms with Gasteiger partial charge in [0.25, 0.3) is 5.91 Å². The van der Waals surface area contributed by atoms with E-state index in [1.165, 1.54) is 4.90 Å². The molecule has 0 spiro atoms. The van der Waals surface area contributed by atoms with Gasteiger partial charge in [0.1, 0.15) is 5.75 Å². The minimum atomic E-state index is -0.163. The van der Waals surface area contributed by atoms with Crippen molar-refractivity contribution in [3.05, 3.63) is 52.5 Å². The highest BCUT2D eigenvalue weighted by Crippen LogP contribution is 2.25. The van der Waals surface area contributed by atoms with Crippen LogP contribution in [-0.2, 0) is 4.79 Å². The third-order valence-electron chi connectivity index (χ3n) is 5.02. The van der Waals surface area contributed by atoms with Crippen molar-refractivity contribution in [3.63, 3.8) is 0 Å². The zero-order valence-corrected chi connectivity index (χ0v) is 17.0. The number of ether oxygens (including phenoxy) is 1. The van der Waals surface area contributed by atoms with Crippen molar-refractivity contribution < 1.29 is 14.4 Å². The number of carbonyl (C=O) groups excluding carboxylic acids is 1. The van der Waals surface area contributed by atoms with Gasteiger partial charge >= 0.3 is 0 Å². The van der Waals surface area contributed by atoms with Crippen LogP contribution >= 0.6 is 23.2 Å². The predicted octanol–water partition coefficient (Wildman–Crippen LogP) is 2.73. The molecule has 1 heterocycles. The minimum Gasteiger partial charge on any atom is -0.497 e. The molecule has 1 fully saturated rings. The van der Waals surface area contributed by atoms with Gasteiger partial charge in [-0.25, -0.2) is 0 Å². The lowest BCUT2D eigenvalue weighted by molar-refractivity contribution is -0.914. The number of methoxy groups -OCH3 is 1. The van der Waals surface area contributed by atoms with Crippen molar-refractivity contribution in [1.29, 1.82) is 0 Å². The van der Waals surface area contributed by atoms with Crippen LogP contribution in [-0.4, -0.2) is 45.2 Å². The lowest BCUT2D eigenvalue weighted by Gasteiger charge is -2.36. The Labute approximate surface area is 169 Å². The summed E-state index contributed by atoms with van der Waals surface area (Å²) >= 11 is 12.1. The molecule has 2 aromatic rings. The fraction of sp³-hybridized carbons (Fsp3) is 0.350. The molecule has 27 heavy (non-hydrogen) atoms. The van der Waals surface area contributed by atoms with Crippen LogP contribution in [0.4, 0.5) is 11.4 Å². The number of hydrogen-bond donors (Lipinski definition) is 2. The number of rotatable bonds is 5. The van der Waals surface area contributed by atoms with Gasteiger partial charge in [0, 0.05) is 16.8 Å². The van der Waals surface area contributed by atoms with E-state index in [0.717, 1.165) is 37.6 Å². The molecule has 144 valence electrons. The zero-order chi connectivity index (χ0) is 19.4. The third-order valence-corrected chi connectivity index (χ3v) is 5.57. The third kappa shape index (κ3) is 4.86. The Morgan fingerprint density at radius 3 is 2.59 bits per heavy atom. The Morgan fingerprint density at radius 2 is 1.93 bits per heavy atom. The van der Waals surface area contributed by atoms with Crippen LogP contribution in [0.2, 0.25) is 10.0 Å². The Kier molecular flexibility index (Phi) is 6.47. The van der Waals surface area contributed by atoms with Crippen LogP contribution in [0.15, 0.2) is 42.5 Å². The second-order valence-electron chi connectivity index (χ2n) is 6.68. The van der Waals surface area contributed by atoms with Crippen LogP contribution in [0.1, 0.15) is 6.92 Å². The average Bonchev–Trinajstić information content (AvgIpc) is 2.69. The molecule has 1 atom stereocenters. The van der Waals surface area contributed by atoms with Gasteiger partial charge in [0.15, 0.2) is 6.04 Å². The molecular formula is C20H24Cl2N3O2+. The molecule has 7 heteroatoms. The number of nitrogens with one attached hydrogen (secondary N) is 2. The maximum absolute atomic E-state index is 12.6. The summed E-state index contributed by atoms with van der Waals surface area (Å²) in [6, 6.07) is 13.0. The summed E-state index contributed by atoms with van der Waals surface area (Å²) in [5, 5.41) is 3.90. The normalized spacial score (nSPS) is 16.1. The van der Waals surface area contributed by atoms with Gasteiger partial charge in [-0.2, -0.15) is 0 Å². The van der Waals surface area contributed by atoms with E-state index >= 15 is 0 Å². The number of nitrogens with zero attached hydrogens (tertiary/aromatic N) is 1. The highest BCUT2D eigenvalue weighted by atomic mass is 35.5. The standard InChI is InChI=1S/C20H23Cl2N3O2/c1-14(20(26)23-19-7-6-15(21)12-18(19)22)24-8-10-25(11-9-24)16-4-3-5-17(13-16)27-2/h3-7,12-14H,8-11H2,1-2H3,(H,23,26)/p+1/t14-/m0/s1. The lowest BCUT2D eigenvalue weighted by Crippen LogP contribution is -3.19. The minimum absolute atomic E-state index is 0.0379. The number of piperazine rings is 1. The fourth-order valence-electron chi connectivity index (χ4n) is 3.31. The second-order valence-corrected chi connectivity index (χ2v) is 7.53. The molecule has 2 N–H and O–H groups in total. The summed E-state index contributed by atoms with van der Waals surface area (Å²) in [5.74, 6) is 0.818. The van der Waals surface area contributed by atoms with Gasteiger partial charge in [-0.05, 0) is 37.3 Å². The SMILES string of the molecule is COc1cccc(N2CC[NH+]([C@@H](C)C(=O)Nc3ccc(Cl)cc3Cl)CC2)c1. The highest BCUT2D eigenvalue weighted by Gasteiger charge is 2.29. The summed E-state index contributed by atoms with van der Waals surface area (Å²) in [7, 11) is 1.68. The first kappa shape index (κ1) is 19.8. The van der Waals surface area contributed by atoms with Gasteiger partial charge in [-0.1, -0.05) is 29.3 Å². The van der Waals surface area contributed by atoms with Crippen LogP contribution in [0.3, 0.4) is 0 Å². The molecule has 5 nitrogen and oxygen atoms in total. The predicted molar refractivity (Wildman–Crippen MR) is 110 cm³/mol. The number of halogens is 2. The summed E-state index contributed by atoms with van der Waals surface area (Å²) in [5.41, 5.74) is 1.74. The number of benzene rings is 2. The molecule has 3 rings (SSSR count). The van der Waals surface area contributed by atoms with Crippen molar-refractivity contribution in [1.82, 2.24) is 0 Å². The van der Waals surface area contributed by atoms with E-state index in [-0.39, 0.29) is 11.9 Å². The van der Waals surface area contributed by atoms with Crippen LogP contribution < -0.4 is 19.9 Å². The zero-order valence-electron chi connectivity index (χ0n) is 15.5. The largest absolute Gasteiger partial charge is 0.497 e. The Morgan fingerprint density at radius 1 is 1.19 bits per heavy atom. The number of quaternary nitrogens is 1.